The van der Waals surface area contributed by atoms with Crippen molar-refractivity contribution in [1.29, 1.82) is 0 Å². The number of thiophene rings is 1. The molecule has 4 heterocycles. The zero-order chi connectivity index (χ0) is 19.0. The van der Waals surface area contributed by atoms with Crippen LogP contribution in [0.3, 0.4) is 0 Å². The van der Waals surface area contributed by atoms with Gasteiger partial charge >= 0.3 is 0 Å². The van der Waals surface area contributed by atoms with Crippen LogP contribution in [0.5, 0.6) is 0 Å². The number of anilines is 2. The Bertz CT molecular complexity index is 945. The zero-order valence-electron chi connectivity index (χ0n) is 15.6. The number of hydrogen-bond acceptors (Lipinski definition) is 7. The molecular weight excluding hydrogens is 362 g/mol. The van der Waals surface area contributed by atoms with Crippen LogP contribution in [0.4, 0.5) is 11.5 Å². The first-order chi connectivity index (χ1) is 13.1. The van der Waals surface area contributed by atoms with Crippen molar-refractivity contribution in [3.63, 3.8) is 0 Å². The van der Waals surface area contributed by atoms with Crippen molar-refractivity contribution in [2.24, 2.45) is 0 Å². The van der Waals surface area contributed by atoms with E-state index in [2.05, 4.69) is 10.1 Å². The molecule has 0 radical (unpaired) electrons. The number of fused-ring (bicyclic) bond motifs is 1. The van der Waals surface area contributed by atoms with Gasteiger partial charge in [-0.15, -0.1) is 11.3 Å². The van der Waals surface area contributed by atoms with E-state index in [-0.39, 0.29) is 12.3 Å². The Morgan fingerprint density at radius 3 is 3.00 bits per heavy atom. The van der Waals surface area contributed by atoms with Gasteiger partial charge in [0.1, 0.15) is 5.82 Å². The summed E-state index contributed by atoms with van der Waals surface area (Å²) in [4.78, 5) is 5.69. The van der Waals surface area contributed by atoms with E-state index in [4.69, 9.17) is 20.9 Å². The van der Waals surface area contributed by atoms with E-state index in [9.17, 15) is 0 Å². The molecule has 3 aromatic rings. The summed E-state index contributed by atoms with van der Waals surface area (Å²) >= 11 is 1.63. The van der Waals surface area contributed by atoms with Gasteiger partial charge < -0.3 is 20.9 Å². The van der Waals surface area contributed by atoms with Crippen molar-refractivity contribution < 1.29 is 9.47 Å². The summed E-state index contributed by atoms with van der Waals surface area (Å²) in [5.41, 5.74) is 15.9. The molecule has 144 valence electrons. The number of ether oxygens (including phenoxy) is 2. The van der Waals surface area contributed by atoms with Crippen LogP contribution in [-0.4, -0.2) is 34.6 Å². The largest absolute Gasteiger partial charge is 0.397 e. The Labute approximate surface area is 162 Å². The van der Waals surface area contributed by atoms with Crippen LogP contribution >= 0.6 is 11.3 Å². The normalized spacial score (nSPS) is 18.8. The van der Waals surface area contributed by atoms with E-state index in [1.54, 1.807) is 24.5 Å². The number of pyridine rings is 1. The number of nitrogen functional groups attached to an aromatic ring is 2. The van der Waals surface area contributed by atoms with Crippen LogP contribution in [0.1, 0.15) is 38.0 Å². The Kier molecular flexibility index (Phi) is 5.03. The van der Waals surface area contributed by atoms with Gasteiger partial charge in [-0.1, -0.05) is 0 Å². The highest BCUT2D eigenvalue weighted by atomic mass is 32.1. The smallest absolute Gasteiger partial charge is 0.150 e. The van der Waals surface area contributed by atoms with Crippen LogP contribution in [0.15, 0.2) is 18.3 Å². The van der Waals surface area contributed by atoms with E-state index in [0.717, 1.165) is 58.6 Å². The molecule has 27 heavy (non-hydrogen) atoms. The van der Waals surface area contributed by atoms with Gasteiger partial charge in [0, 0.05) is 38.0 Å². The fourth-order valence-electron chi connectivity index (χ4n) is 3.56. The Morgan fingerprint density at radius 1 is 1.41 bits per heavy atom. The highest BCUT2D eigenvalue weighted by molar-refractivity contribution is 7.23. The molecule has 0 aromatic carbocycles. The fourth-order valence-corrected chi connectivity index (χ4v) is 4.78. The van der Waals surface area contributed by atoms with E-state index in [1.165, 1.54) is 0 Å². The number of methoxy groups -OCH3 is 1. The van der Waals surface area contributed by atoms with E-state index >= 15 is 0 Å². The van der Waals surface area contributed by atoms with Crippen LogP contribution in [0.25, 0.3) is 20.8 Å². The second-order valence-corrected chi connectivity index (χ2v) is 7.98. The second kappa shape index (κ2) is 7.46. The summed E-state index contributed by atoms with van der Waals surface area (Å²) in [6, 6.07) is 3.75. The third-order valence-electron chi connectivity index (χ3n) is 5.01. The Morgan fingerprint density at radius 2 is 2.26 bits per heavy atom. The zero-order valence-corrected chi connectivity index (χ0v) is 16.5. The topological polar surface area (TPSA) is 101 Å². The van der Waals surface area contributed by atoms with Gasteiger partial charge in [-0.05, 0) is 32.3 Å². The first-order valence-electron chi connectivity index (χ1n) is 9.24. The van der Waals surface area contributed by atoms with Gasteiger partial charge in [0.15, 0.2) is 6.23 Å². The molecule has 0 bridgehead atoms. The number of nitrogens with zero attached hydrogens (tertiary/aromatic N) is 3. The fraction of sp³-hybridized carbons (Fsp3) is 0.474. The van der Waals surface area contributed by atoms with E-state index < -0.39 is 0 Å². The van der Waals surface area contributed by atoms with Gasteiger partial charge in [-0.2, -0.15) is 5.10 Å². The molecule has 8 heteroatoms. The molecule has 2 atom stereocenters. The molecule has 1 saturated heterocycles. The third kappa shape index (κ3) is 3.40. The van der Waals surface area contributed by atoms with Crippen molar-refractivity contribution in [3.8, 4) is 10.6 Å². The lowest BCUT2D eigenvalue weighted by Crippen LogP contribution is -2.20. The second-order valence-electron chi connectivity index (χ2n) is 6.96. The van der Waals surface area contributed by atoms with Crippen molar-refractivity contribution >= 4 is 33.1 Å². The molecule has 3 aromatic heterocycles. The monoisotopic (exact) mass is 387 g/mol. The summed E-state index contributed by atoms with van der Waals surface area (Å²) in [7, 11) is 1.72. The van der Waals surface area contributed by atoms with Gasteiger partial charge in [-0.25, -0.2) is 9.67 Å². The summed E-state index contributed by atoms with van der Waals surface area (Å²) in [6.07, 6.45) is 5.79. The molecule has 1 aliphatic heterocycles. The maximum Gasteiger partial charge on any atom is 0.150 e. The van der Waals surface area contributed by atoms with E-state index in [1.807, 2.05) is 23.9 Å². The summed E-state index contributed by atoms with van der Waals surface area (Å²) in [5, 5.41) is 4.56. The molecule has 4 rings (SSSR count). The molecule has 0 spiro atoms. The first-order valence-corrected chi connectivity index (χ1v) is 10.1. The molecule has 0 amide bonds. The molecule has 4 N–H and O–H groups in total. The SMILES string of the molecule is CO[C@H](C)Cc1c(-c2ccnn2C2CCCCO2)sc2c(N)cc(N)nc12. The minimum Gasteiger partial charge on any atom is -0.397 e. The predicted molar refractivity (Wildman–Crippen MR) is 109 cm³/mol. The van der Waals surface area contributed by atoms with E-state index in [0.29, 0.717) is 11.5 Å². The number of hydrogen-bond donors (Lipinski definition) is 2. The third-order valence-corrected chi connectivity index (χ3v) is 6.30. The summed E-state index contributed by atoms with van der Waals surface area (Å²) in [6.45, 7) is 2.82. The predicted octanol–water partition coefficient (Wildman–Crippen LogP) is 3.60. The Balaban J connectivity index is 1.87. The minimum absolute atomic E-state index is 0.0305. The van der Waals surface area contributed by atoms with Crippen molar-refractivity contribution in [3.05, 3.63) is 23.9 Å². The lowest BCUT2D eigenvalue weighted by molar-refractivity contribution is -0.0383. The molecule has 7 nitrogen and oxygen atoms in total. The minimum atomic E-state index is -0.0305. The highest BCUT2D eigenvalue weighted by Gasteiger charge is 2.25. The first kappa shape index (κ1) is 18.2. The summed E-state index contributed by atoms with van der Waals surface area (Å²) < 4.78 is 14.4. The molecule has 1 unspecified atom stereocenters. The van der Waals surface area contributed by atoms with Gasteiger partial charge in [0.2, 0.25) is 0 Å². The van der Waals surface area contributed by atoms with Crippen molar-refractivity contribution in [1.82, 2.24) is 14.8 Å². The standard InChI is InChI=1S/C19H25N5O2S/c1-11(25-2)9-12-17-19(13(20)10-15(21)23-17)27-18(12)14-6-7-22-24(14)16-5-3-4-8-26-16/h6-7,10-11,16H,3-5,8-9H2,1-2H3,(H4,20,21,23)/t11-,16?/m1/s1. The number of aromatic nitrogens is 3. The summed E-state index contributed by atoms with van der Waals surface area (Å²) in [5.74, 6) is 0.430. The lowest BCUT2D eigenvalue weighted by Gasteiger charge is -2.24. The highest BCUT2D eigenvalue weighted by Crippen LogP contribution is 2.42. The number of rotatable bonds is 5. The quantitative estimate of drug-likeness (QED) is 0.694. The molecule has 0 saturated carbocycles. The van der Waals surface area contributed by atoms with Gasteiger partial charge in [-0.3, -0.25) is 0 Å². The van der Waals surface area contributed by atoms with Crippen molar-refractivity contribution in [2.45, 2.75) is 44.9 Å². The van der Waals surface area contributed by atoms with Crippen molar-refractivity contribution in [2.75, 3.05) is 25.2 Å². The molecule has 1 aliphatic rings. The molecular formula is C19H25N5O2S. The van der Waals surface area contributed by atoms with Crippen LogP contribution in [0.2, 0.25) is 0 Å². The molecule has 0 aliphatic carbocycles. The maximum atomic E-state index is 6.25. The van der Waals surface area contributed by atoms with Gasteiger partial charge in [0.25, 0.3) is 0 Å². The maximum absolute atomic E-state index is 6.25. The van der Waals surface area contributed by atoms with Crippen LogP contribution in [-0.2, 0) is 15.9 Å². The lowest BCUT2D eigenvalue weighted by atomic mass is 10.1. The average Bonchev–Trinajstić information content (AvgIpc) is 3.28. The van der Waals surface area contributed by atoms with Gasteiger partial charge in [0.05, 0.1) is 32.6 Å². The molecule has 1 fully saturated rings. The van der Waals surface area contributed by atoms with Crippen LogP contribution in [0, 0.1) is 0 Å². The Hall–Kier alpha value is -2.16. The number of nitrogens with two attached hydrogens (primary N) is 2. The average molecular weight is 388 g/mol. The van der Waals surface area contributed by atoms with Crippen LogP contribution < -0.4 is 11.5 Å².